The number of aromatic nitrogens is 1. The highest BCUT2D eigenvalue weighted by molar-refractivity contribution is 7.09. The highest BCUT2D eigenvalue weighted by Crippen LogP contribution is 2.16. The van der Waals surface area contributed by atoms with Gasteiger partial charge in [0.2, 0.25) is 11.8 Å². The summed E-state index contributed by atoms with van der Waals surface area (Å²) in [6, 6.07) is 0. The molecule has 0 aliphatic carbocycles. The summed E-state index contributed by atoms with van der Waals surface area (Å²) in [5, 5.41) is 0. The summed E-state index contributed by atoms with van der Waals surface area (Å²) >= 11 is 1.62. The minimum atomic E-state index is -0.167. The van der Waals surface area contributed by atoms with Gasteiger partial charge in [0.25, 0.3) is 0 Å². The van der Waals surface area contributed by atoms with Gasteiger partial charge in [-0.1, -0.05) is 0 Å². The molecule has 1 aromatic rings. The third-order valence-corrected chi connectivity index (χ3v) is 4.47. The van der Waals surface area contributed by atoms with Crippen molar-refractivity contribution in [1.82, 2.24) is 19.7 Å². The fourth-order valence-electron chi connectivity index (χ4n) is 2.57. The molecule has 0 spiro atoms. The van der Waals surface area contributed by atoms with Crippen LogP contribution in [0.25, 0.3) is 0 Å². The Labute approximate surface area is 129 Å². The topological polar surface area (TPSA) is 56.8 Å². The van der Waals surface area contributed by atoms with Crippen LogP contribution in [-0.4, -0.2) is 71.8 Å². The molecule has 0 N–H and O–H groups in total. The Bertz CT molecular complexity index is 489. The first-order chi connectivity index (χ1) is 9.97. The van der Waals surface area contributed by atoms with Crippen LogP contribution >= 0.6 is 11.3 Å². The van der Waals surface area contributed by atoms with E-state index in [1.807, 2.05) is 11.7 Å². The van der Waals surface area contributed by atoms with Crippen molar-refractivity contribution < 1.29 is 9.59 Å². The molecule has 21 heavy (non-hydrogen) atoms. The quantitative estimate of drug-likeness (QED) is 0.816. The molecule has 0 aromatic carbocycles. The van der Waals surface area contributed by atoms with Gasteiger partial charge in [-0.05, 0) is 0 Å². The largest absolute Gasteiger partial charge is 0.348 e. The number of nitrogens with zero attached hydrogens (tertiary/aromatic N) is 4. The van der Waals surface area contributed by atoms with Gasteiger partial charge in [-0.25, -0.2) is 0 Å². The summed E-state index contributed by atoms with van der Waals surface area (Å²) in [5.41, 5.74) is 1.82. The number of carbonyl (C=O) groups excluding carboxylic acids is 2. The lowest BCUT2D eigenvalue weighted by atomic mass is 10.1. The van der Waals surface area contributed by atoms with Crippen molar-refractivity contribution in [2.45, 2.75) is 13.5 Å². The van der Waals surface area contributed by atoms with E-state index in [1.54, 1.807) is 42.2 Å². The molecule has 1 unspecified atom stereocenters. The van der Waals surface area contributed by atoms with Crippen LogP contribution in [0.2, 0.25) is 0 Å². The van der Waals surface area contributed by atoms with Gasteiger partial charge in [-0.3, -0.25) is 19.5 Å². The van der Waals surface area contributed by atoms with Crippen LogP contribution in [0.4, 0.5) is 0 Å². The average molecular weight is 310 g/mol. The second kappa shape index (κ2) is 7.00. The third-order valence-electron chi connectivity index (χ3n) is 3.70. The van der Waals surface area contributed by atoms with Gasteiger partial charge in [0.05, 0.1) is 11.4 Å². The number of rotatable bonds is 3. The Balaban J connectivity index is 2.10. The maximum absolute atomic E-state index is 12.3. The lowest BCUT2D eigenvalue weighted by molar-refractivity contribution is -0.135. The molecule has 1 aliphatic rings. The summed E-state index contributed by atoms with van der Waals surface area (Å²) in [6.45, 7) is 4.99. The zero-order chi connectivity index (χ0) is 15.4. The van der Waals surface area contributed by atoms with Gasteiger partial charge in [0, 0.05) is 64.8 Å². The predicted molar refractivity (Wildman–Crippen MR) is 81.8 cm³/mol. The second-order valence-electron chi connectivity index (χ2n) is 5.60. The highest BCUT2D eigenvalue weighted by Gasteiger charge is 2.30. The maximum Gasteiger partial charge on any atom is 0.228 e. The van der Waals surface area contributed by atoms with E-state index in [4.69, 9.17) is 0 Å². The molecule has 6 nitrogen and oxygen atoms in total. The molecule has 1 atom stereocenters. The molecule has 116 valence electrons. The van der Waals surface area contributed by atoms with Crippen molar-refractivity contribution in [1.29, 1.82) is 0 Å². The summed E-state index contributed by atoms with van der Waals surface area (Å²) in [4.78, 5) is 34.9. The van der Waals surface area contributed by atoms with E-state index in [-0.39, 0.29) is 17.7 Å². The minimum Gasteiger partial charge on any atom is -0.348 e. The van der Waals surface area contributed by atoms with Gasteiger partial charge in [-0.15, -0.1) is 11.3 Å². The Kier molecular flexibility index (Phi) is 5.30. The molecule has 1 fully saturated rings. The van der Waals surface area contributed by atoms with Crippen molar-refractivity contribution in [3.05, 3.63) is 16.6 Å². The molecule has 1 aromatic heterocycles. The van der Waals surface area contributed by atoms with Gasteiger partial charge >= 0.3 is 0 Å². The lowest BCUT2D eigenvalue weighted by Crippen LogP contribution is -2.41. The molecule has 2 amide bonds. The van der Waals surface area contributed by atoms with Crippen LogP contribution in [0.5, 0.6) is 0 Å². The lowest BCUT2D eigenvalue weighted by Gasteiger charge is -2.25. The average Bonchev–Trinajstić information content (AvgIpc) is 2.83. The fraction of sp³-hybridized carbons (Fsp3) is 0.643. The van der Waals surface area contributed by atoms with Crippen molar-refractivity contribution in [3.63, 3.8) is 0 Å². The first-order valence-electron chi connectivity index (χ1n) is 7.03. The van der Waals surface area contributed by atoms with Gasteiger partial charge in [0.1, 0.15) is 0 Å². The third kappa shape index (κ3) is 4.25. The Morgan fingerprint density at radius 2 is 2.14 bits per heavy atom. The van der Waals surface area contributed by atoms with Gasteiger partial charge in [0.15, 0.2) is 0 Å². The van der Waals surface area contributed by atoms with E-state index < -0.39 is 0 Å². The van der Waals surface area contributed by atoms with E-state index in [2.05, 4.69) is 9.88 Å². The van der Waals surface area contributed by atoms with Gasteiger partial charge in [-0.2, -0.15) is 0 Å². The monoisotopic (exact) mass is 310 g/mol. The molecule has 0 saturated carbocycles. The highest BCUT2D eigenvalue weighted by atomic mass is 32.1. The van der Waals surface area contributed by atoms with E-state index >= 15 is 0 Å². The van der Waals surface area contributed by atoms with Crippen molar-refractivity contribution in [2.75, 3.05) is 40.3 Å². The molecule has 1 aliphatic heterocycles. The first kappa shape index (κ1) is 15.9. The molecular weight excluding hydrogens is 288 g/mol. The van der Waals surface area contributed by atoms with Crippen LogP contribution in [0, 0.1) is 5.92 Å². The SMILES string of the molecule is CC(=O)N1CCN(Cc2cncs2)CC(C(=O)N(C)C)C1. The fourth-order valence-corrected chi connectivity index (χ4v) is 3.21. The van der Waals surface area contributed by atoms with Crippen molar-refractivity contribution >= 4 is 23.2 Å². The number of carbonyl (C=O) groups is 2. The van der Waals surface area contributed by atoms with Crippen LogP contribution in [-0.2, 0) is 16.1 Å². The maximum atomic E-state index is 12.3. The smallest absolute Gasteiger partial charge is 0.228 e. The summed E-state index contributed by atoms with van der Waals surface area (Å²) < 4.78 is 0. The first-order valence-corrected chi connectivity index (χ1v) is 7.91. The normalized spacial score (nSPS) is 20.1. The van der Waals surface area contributed by atoms with Crippen molar-refractivity contribution in [3.8, 4) is 0 Å². The zero-order valence-corrected chi connectivity index (χ0v) is 13.6. The molecule has 2 heterocycles. The molecular formula is C14H22N4O2S. The molecule has 0 bridgehead atoms. The van der Waals surface area contributed by atoms with Crippen LogP contribution < -0.4 is 0 Å². The predicted octanol–water partition coefficient (Wildman–Crippen LogP) is 0.512. The number of hydrogen-bond acceptors (Lipinski definition) is 5. The van der Waals surface area contributed by atoms with Crippen LogP contribution in [0.1, 0.15) is 11.8 Å². The standard InChI is InChI=1S/C14H22N4O2S/c1-11(19)18-5-4-17(9-13-6-15-10-21-13)7-12(8-18)14(20)16(2)3/h6,10,12H,4-5,7-9H2,1-3H3. The van der Waals surface area contributed by atoms with E-state index in [9.17, 15) is 9.59 Å². The second-order valence-corrected chi connectivity index (χ2v) is 6.57. The van der Waals surface area contributed by atoms with E-state index in [0.717, 1.165) is 13.1 Å². The zero-order valence-electron chi connectivity index (χ0n) is 12.8. The molecule has 0 radical (unpaired) electrons. The summed E-state index contributed by atoms with van der Waals surface area (Å²) in [6.07, 6.45) is 1.86. The van der Waals surface area contributed by atoms with Crippen molar-refractivity contribution in [2.24, 2.45) is 5.92 Å². The number of amides is 2. The van der Waals surface area contributed by atoms with E-state index in [0.29, 0.717) is 19.6 Å². The van der Waals surface area contributed by atoms with Crippen LogP contribution in [0.3, 0.4) is 0 Å². The van der Waals surface area contributed by atoms with Gasteiger partial charge < -0.3 is 9.80 Å². The molecule has 2 rings (SSSR count). The molecule has 7 heteroatoms. The Morgan fingerprint density at radius 1 is 1.38 bits per heavy atom. The molecule has 1 saturated heterocycles. The summed E-state index contributed by atoms with van der Waals surface area (Å²) in [5.74, 6) is -0.0528. The Hall–Kier alpha value is -1.47. The number of thiazole rings is 1. The summed E-state index contributed by atoms with van der Waals surface area (Å²) in [7, 11) is 3.53. The van der Waals surface area contributed by atoms with Crippen LogP contribution in [0.15, 0.2) is 11.7 Å². The minimum absolute atomic E-state index is 0.0335. The number of hydrogen-bond donors (Lipinski definition) is 0. The van der Waals surface area contributed by atoms with E-state index in [1.165, 1.54) is 4.88 Å². The Morgan fingerprint density at radius 3 is 2.71 bits per heavy atom.